The molecule has 2 rings (SSSR count). The number of rotatable bonds is 8. The fraction of sp³-hybridized carbons (Fsp3) is 0.278. The molecule has 0 heterocycles. The molecule has 134 valence electrons. The Labute approximate surface area is 144 Å². The summed E-state index contributed by atoms with van der Waals surface area (Å²) in [6.45, 7) is -1.06. The molecule has 2 N–H and O–H groups in total. The number of carbonyl (C=O) groups is 1. The van der Waals surface area contributed by atoms with Crippen molar-refractivity contribution in [1.82, 2.24) is 5.32 Å². The third kappa shape index (κ3) is 6.39. The van der Waals surface area contributed by atoms with Crippen molar-refractivity contribution in [3.8, 4) is 11.5 Å². The number of nitrogens with one attached hydrogen (secondary N) is 1. The van der Waals surface area contributed by atoms with E-state index in [1.165, 1.54) is 24.3 Å². The summed E-state index contributed by atoms with van der Waals surface area (Å²) in [5.41, 5.74) is 1.19. The summed E-state index contributed by atoms with van der Waals surface area (Å²) in [6, 6.07) is 12.8. The van der Waals surface area contributed by atoms with Gasteiger partial charge < -0.3 is 19.9 Å². The Hall–Kier alpha value is -2.67. The van der Waals surface area contributed by atoms with Crippen LogP contribution >= 0.6 is 0 Å². The number of halogens is 2. The highest BCUT2D eigenvalue weighted by molar-refractivity contribution is 5.94. The van der Waals surface area contributed by atoms with Gasteiger partial charge in [0, 0.05) is 12.1 Å². The summed E-state index contributed by atoms with van der Waals surface area (Å²) in [4.78, 5) is 12.0. The second kappa shape index (κ2) is 8.98. The highest BCUT2D eigenvalue weighted by Gasteiger charge is 2.12. The largest absolute Gasteiger partial charge is 0.491 e. The third-order valence-electron chi connectivity index (χ3n) is 3.25. The molecule has 25 heavy (non-hydrogen) atoms. The van der Waals surface area contributed by atoms with Crippen LogP contribution in [0.4, 0.5) is 8.78 Å². The molecule has 1 atom stereocenters. The van der Waals surface area contributed by atoms with Crippen LogP contribution in [0.5, 0.6) is 11.5 Å². The molecule has 7 heteroatoms. The number of hydrogen-bond acceptors (Lipinski definition) is 4. The van der Waals surface area contributed by atoms with Gasteiger partial charge in [-0.05, 0) is 42.8 Å². The average molecular weight is 351 g/mol. The quantitative estimate of drug-likeness (QED) is 0.767. The minimum atomic E-state index is -2.96. The minimum absolute atomic E-state index is 0.0122. The van der Waals surface area contributed by atoms with E-state index in [0.717, 1.165) is 5.56 Å². The first-order valence-corrected chi connectivity index (χ1v) is 7.64. The lowest BCUT2D eigenvalue weighted by molar-refractivity contribution is -0.0498. The molecule has 0 radical (unpaired) electrons. The summed E-state index contributed by atoms with van der Waals surface area (Å²) in [6.07, 6.45) is -0.912. The highest BCUT2D eigenvalue weighted by Crippen LogP contribution is 2.16. The number of aryl methyl sites for hydroxylation is 1. The van der Waals surface area contributed by atoms with Gasteiger partial charge in [-0.3, -0.25) is 4.79 Å². The van der Waals surface area contributed by atoms with E-state index in [2.05, 4.69) is 10.1 Å². The topological polar surface area (TPSA) is 67.8 Å². The molecular weight excluding hydrogens is 332 g/mol. The van der Waals surface area contributed by atoms with Crippen LogP contribution in [-0.4, -0.2) is 36.9 Å². The van der Waals surface area contributed by atoms with Crippen LogP contribution in [0.1, 0.15) is 15.9 Å². The molecular formula is C18H19F2NO4. The van der Waals surface area contributed by atoms with Crippen molar-refractivity contribution in [3.05, 3.63) is 59.7 Å². The van der Waals surface area contributed by atoms with Gasteiger partial charge in [0.25, 0.3) is 5.91 Å². The predicted octanol–water partition coefficient (Wildman–Crippen LogP) is 2.77. The van der Waals surface area contributed by atoms with Gasteiger partial charge >= 0.3 is 6.61 Å². The molecule has 5 nitrogen and oxygen atoms in total. The third-order valence-corrected chi connectivity index (χ3v) is 3.25. The minimum Gasteiger partial charge on any atom is -0.491 e. The average Bonchev–Trinajstić information content (AvgIpc) is 2.57. The van der Waals surface area contributed by atoms with E-state index in [-0.39, 0.29) is 24.5 Å². The lowest BCUT2D eigenvalue weighted by atomic mass is 10.2. The number of alkyl halides is 2. The van der Waals surface area contributed by atoms with Crippen molar-refractivity contribution in [3.63, 3.8) is 0 Å². The molecule has 0 aromatic heterocycles. The Morgan fingerprint density at radius 2 is 1.88 bits per heavy atom. The fourth-order valence-electron chi connectivity index (χ4n) is 2.08. The molecule has 0 saturated heterocycles. The summed E-state index contributed by atoms with van der Waals surface area (Å²) in [5.74, 6) is 0.0162. The summed E-state index contributed by atoms with van der Waals surface area (Å²) in [5, 5.41) is 12.4. The van der Waals surface area contributed by atoms with Crippen LogP contribution in [0.15, 0.2) is 48.5 Å². The van der Waals surface area contributed by atoms with Crippen LogP contribution in [0.25, 0.3) is 0 Å². The van der Waals surface area contributed by atoms with Gasteiger partial charge in [0.05, 0.1) is 0 Å². The van der Waals surface area contributed by atoms with Crippen molar-refractivity contribution in [2.24, 2.45) is 0 Å². The van der Waals surface area contributed by atoms with Crippen molar-refractivity contribution in [2.75, 3.05) is 13.2 Å². The lowest BCUT2D eigenvalue weighted by Gasteiger charge is -2.14. The Morgan fingerprint density at radius 3 is 2.60 bits per heavy atom. The van der Waals surface area contributed by atoms with E-state index in [4.69, 9.17) is 4.74 Å². The number of benzene rings is 2. The maximum atomic E-state index is 12.2. The molecule has 0 fully saturated rings. The first-order chi connectivity index (χ1) is 11.9. The number of amides is 1. The van der Waals surface area contributed by atoms with Gasteiger partial charge in [-0.2, -0.15) is 8.78 Å². The smallest absolute Gasteiger partial charge is 0.387 e. The molecule has 0 saturated carbocycles. The number of aliphatic hydroxyl groups excluding tert-OH is 1. The van der Waals surface area contributed by atoms with E-state index in [1.54, 1.807) is 6.07 Å². The Bertz CT molecular complexity index is 709. The number of hydrogen-bond donors (Lipinski definition) is 2. The number of aliphatic hydroxyl groups is 1. The molecule has 0 aliphatic carbocycles. The second-order valence-electron chi connectivity index (χ2n) is 5.40. The Kier molecular flexibility index (Phi) is 6.71. The summed E-state index contributed by atoms with van der Waals surface area (Å²) < 4.78 is 34.1. The normalized spacial score (nSPS) is 11.9. The first-order valence-electron chi connectivity index (χ1n) is 7.64. The van der Waals surface area contributed by atoms with Crippen molar-refractivity contribution < 1.29 is 28.2 Å². The van der Waals surface area contributed by atoms with E-state index in [9.17, 15) is 18.7 Å². The predicted molar refractivity (Wildman–Crippen MR) is 88.1 cm³/mol. The molecule has 0 aliphatic rings. The molecule has 1 amide bonds. The zero-order valence-corrected chi connectivity index (χ0v) is 13.6. The van der Waals surface area contributed by atoms with Crippen LogP contribution < -0.4 is 14.8 Å². The zero-order valence-electron chi connectivity index (χ0n) is 13.6. The van der Waals surface area contributed by atoms with Crippen molar-refractivity contribution >= 4 is 5.91 Å². The van der Waals surface area contributed by atoms with Crippen LogP contribution in [-0.2, 0) is 0 Å². The standard InChI is InChI=1S/C18H19F2NO4/c1-12-4-2-6-15(8-12)24-11-14(22)10-21-17(23)13-5-3-7-16(9-13)25-18(19)20/h2-9,14,18,22H,10-11H2,1H3,(H,21,23). The Balaban J connectivity index is 1.80. The van der Waals surface area contributed by atoms with Crippen molar-refractivity contribution in [2.45, 2.75) is 19.6 Å². The second-order valence-corrected chi connectivity index (χ2v) is 5.40. The maximum absolute atomic E-state index is 12.2. The van der Waals surface area contributed by atoms with Crippen LogP contribution in [0.2, 0.25) is 0 Å². The summed E-state index contributed by atoms with van der Waals surface area (Å²) in [7, 11) is 0. The monoisotopic (exact) mass is 351 g/mol. The maximum Gasteiger partial charge on any atom is 0.387 e. The SMILES string of the molecule is Cc1cccc(OCC(O)CNC(=O)c2cccc(OC(F)F)c2)c1. The zero-order chi connectivity index (χ0) is 18.2. The van der Waals surface area contributed by atoms with Gasteiger partial charge in [0.1, 0.15) is 24.2 Å². The molecule has 2 aromatic rings. The highest BCUT2D eigenvalue weighted by atomic mass is 19.3. The lowest BCUT2D eigenvalue weighted by Crippen LogP contribution is -2.35. The number of ether oxygens (including phenoxy) is 2. The molecule has 2 aromatic carbocycles. The molecule has 1 unspecified atom stereocenters. The van der Waals surface area contributed by atoms with Gasteiger partial charge in [-0.25, -0.2) is 0 Å². The fourth-order valence-corrected chi connectivity index (χ4v) is 2.08. The molecule has 0 bridgehead atoms. The molecule has 0 spiro atoms. The van der Waals surface area contributed by atoms with Gasteiger partial charge in [0.2, 0.25) is 0 Å². The van der Waals surface area contributed by atoms with E-state index < -0.39 is 18.6 Å². The van der Waals surface area contributed by atoms with E-state index >= 15 is 0 Å². The van der Waals surface area contributed by atoms with E-state index in [1.807, 2.05) is 25.1 Å². The molecule has 0 aliphatic heterocycles. The van der Waals surface area contributed by atoms with Crippen LogP contribution in [0, 0.1) is 6.92 Å². The Morgan fingerprint density at radius 1 is 1.16 bits per heavy atom. The summed E-state index contributed by atoms with van der Waals surface area (Å²) >= 11 is 0. The van der Waals surface area contributed by atoms with E-state index in [0.29, 0.717) is 5.75 Å². The van der Waals surface area contributed by atoms with Gasteiger partial charge in [0.15, 0.2) is 0 Å². The first kappa shape index (κ1) is 18.7. The van der Waals surface area contributed by atoms with Crippen LogP contribution in [0.3, 0.4) is 0 Å². The number of carbonyl (C=O) groups excluding carboxylic acids is 1. The van der Waals surface area contributed by atoms with Gasteiger partial charge in [-0.1, -0.05) is 18.2 Å². The van der Waals surface area contributed by atoms with Crippen molar-refractivity contribution in [1.29, 1.82) is 0 Å². The van der Waals surface area contributed by atoms with Gasteiger partial charge in [-0.15, -0.1) is 0 Å².